The van der Waals surface area contributed by atoms with Gasteiger partial charge in [-0.25, -0.2) is 4.79 Å². The smallest absolute Gasteiger partial charge is 0.368 e. The Hall–Kier alpha value is -2.40. The Balaban J connectivity index is 2.23. The maximum Gasteiger partial charge on any atom is 0.368 e. The Morgan fingerprint density at radius 1 is 1.19 bits per heavy atom. The number of nitrogen functional groups attached to an aromatic ring is 1. The van der Waals surface area contributed by atoms with Gasteiger partial charge in [0.15, 0.2) is 0 Å². The lowest BCUT2D eigenvalue weighted by molar-refractivity contribution is -0.134. The van der Waals surface area contributed by atoms with Crippen molar-refractivity contribution in [1.29, 1.82) is 0 Å². The number of halogens is 1. The number of anilines is 3. The largest absolute Gasteiger partial charge is 0.476 e. The van der Waals surface area contributed by atoms with Crippen molar-refractivity contribution in [2.45, 2.75) is 62.2 Å². The van der Waals surface area contributed by atoms with Gasteiger partial charge in [-0.3, -0.25) is 9.11 Å². The number of hydrogen-bond donors (Lipinski definition) is 4. The lowest BCUT2D eigenvalue weighted by atomic mass is 9.79. The second-order valence-corrected chi connectivity index (χ2v) is 12.5. The molecule has 204 valence electrons. The van der Waals surface area contributed by atoms with Gasteiger partial charge in [0, 0.05) is 35.2 Å². The van der Waals surface area contributed by atoms with Gasteiger partial charge in [0.05, 0.1) is 15.5 Å². The topological polar surface area (TPSA) is 116 Å². The number of thioether (sulfide) groups is 1. The normalized spacial score (nSPS) is 17.6. The van der Waals surface area contributed by atoms with E-state index in [0.717, 1.165) is 44.2 Å². The van der Waals surface area contributed by atoms with E-state index in [-0.39, 0.29) is 16.9 Å². The minimum Gasteiger partial charge on any atom is -0.476 e. The molecule has 2 aromatic rings. The standard InChI is InChI=1S/C27H37FN2O5S2/c1-4-6-12-27(13-7-5-2)17-30(20-10-8-19(29)9-11-20)22-14-24(36-3)23(35-16-21(28)26(31)32)15-25(22)37(33,34)18-27/h8-11,14-16,33-34H,4-7,12-13,17-18,29H2,1-3H3,(H,31,32)/b21-16-. The Bertz CT molecular complexity index is 1120. The van der Waals surface area contributed by atoms with Crippen LogP contribution in [0.25, 0.3) is 0 Å². The third-order valence-electron chi connectivity index (χ3n) is 6.71. The monoisotopic (exact) mass is 552 g/mol. The average molecular weight is 553 g/mol. The molecule has 0 spiro atoms. The first kappa shape index (κ1) is 29.2. The van der Waals surface area contributed by atoms with Crippen molar-refractivity contribution >= 4 is 45.4 Å². The Morgan fingerprint density at radius 3 is 2.35 bits per heavy atom. The fourth-order valence-electron chi connectivity index (χ4n) is 4.81. The summed E-state index contributed by atoms with van der Waals surface area (Å²) >= 11 is 1.34. The molecular formula is C27H37FN2O5S2. The van der Waals surface area contributed by atoms with Gasteiger partial charge in [0.2, 0.25) is 5.83 Å². The quantitative estimate of drug-likeness (QED) is 0.0962. The fraction of sp³-hybridized carbons (Fsp3) is 0.444. The first-order valence-corrected chi connectivity index (χ1v) is 15.4. The highest BCUT2D eigenvalue weighted by Crippen LogP contribution is 2.62. The zero-order chi connectivity index (χ0) is 27.2. The number of hydrogen-bond acceptors (Lipinski definition) is 7. The number of carbonyl (C=O) groups is 1. The Morgan fingerprint density at radius 2 is 1.81 bits per heavy atom. The van der Waals surface area contributed by atoms with E-state index in [1.165, 1.54) is 17.8 Å². The van der Waals surface area contributed by atoms with Crippen molar-refractivity contribution in [3.05, 3.63) is 48.5 Å². The number of carboxylic acid groups (broad SMARTS) is 1. The second-order valence-electron chi connectivity index (χ2n) is 9.56. The maximum absolute atomic E-state index is 13.7. The highest BCUT2D eigenvalue weighted by atomic mass is 32.3. The van der Waals surface area contributed by atoms with Crippen LogP contribution in [0.5, 0.6) is 5.75 Å². The van der Waals surface area contributed by atoms with Crippen LogP contribution in [0.3, 0.4) is 0 Å². The summed E-state index contributed by atoms with van der Waals surface area (Å²) < 4.78 is 42.4. The van der Waals surface area contributed by atoms with Crippen LogP contribution in [0.1, 0.15) is 52.4 Å². The van der Waals surface area contributed by atoms with E-state index in [0.29, 0.717) is 34.0 Å². The molecule has 0 atom stereocenters. The number of fused-ring (bicyclic) bond motifs is 1. The van der Waals surface area contributed by atoms with Gasteiger partial charge >= 0.3 is 5.97 Å². The molecule has 1 aliphatic rings. The molecule has 3 rings (SSSR count). The summed E-state index contributed by atoms with van der Waals surface area (Å²) in [6, 6.07) is 10.8. The third kappa shape index (κ3) is 6.93. The molecule has 5 N–H and O–H groups in total. The molecule has 1 heterocycles. The van der Waals surface area contributed by atoms with E-state index in [9.17, 15) is 18.3 Å². The fourth-order valence-corrected chi connectivity index (χ4v) is 7.53. The minimum atomic E-state index is -3.28. The van der Waals surface area contributed by atoms with Crippen molar-refractivity contribution in [2.24, 2.45) is 5.41 Å². The van der Waals surface area contributed by atoms with Gasteiger partial charge in [0.1, 0.15) is 12.0 Å². The summed E-state index contributed by atoms with van der Waals surface area (Å²) in [7, 11) is -3.28. The minimum absolute atomic E-state index is 0.162. The highest BCUT2D eigenvalue weighted by Gasteiger charge is 2.42. The van der Waals surface area contributed by atoms with Gasteiger partial charge in [-0.15, -0.1) is 11.8 Å². The van der Waals surface area contributed by atoms with Crippen molar-refractivity contribution in [1.82, 2.24) is 0 Å². The van der Waals surface area contributed by atoms with Crippen LogP contribution in [0.15, 0.2) is 58.3 Å². The van der Waals surface area contributed by atoms with Crippen LogP contribution in [-0.2, 0) is 4.79 Å². The number of nitrogens with two attached hydrogens (primary N) is 1. The average Bonchev–Trinajstić information content (AvgIpc) is 2.96. The second kappa shape index (κ2) is 12.4. The molecule has 10 heteroatoms. The molecule has 0 radical (unpaired) electrons. The number of rotatable bonds is 11. The molecule has 37 heavy (non-hydrogen) atoms. The number of benzene rings is 2. The van der Waals surface area contributed by atoms with Crippen molar-refractivity contribution in [3.8, 4) is 5.75 Å². The van der Waals surface area contributed by atoms with Crippen molar-refractivity contribution in [2.75, 3.05) is 29.2 Å². The summed E-state index contributed by atoms with van der Waals surface area (Å²) in [4.78, 5) is 13.9. The highest BCUT2D eigenvalue weighted by molar-refractivity contribution is 8.24. The SMILES string of the molecule is CCCCC1(CCCC)CN(c2ccc(N)cc2)c2cc(SC)c(O/C=C(\F)C(=O)O)cc2S(O)(O)C1. The van der Waals surface area contributed by atoms with E-state index in [4.69, 9.17) is 15.6 Å². The molecule has 0 saturated heterocycles. The number of carboxylic acids is 1. The number of unbranched alkanes of at least 4 members (excludes halogenated alkanes) is 2. The van der Waals surface area contributed by atoms with Crippen LogP contribution < -0.4 is 15.4 Å². The molecule has 2 aromatic carbocycles. The number of ether oxygens (including phenoxy) is 1. The molecule has 0 aliphatic carbocycles. The summed E-state index contributed by atoms with van der Waals surface area (Å²) in [6.45, 7) is 4.86. The molecule has 1 aliphatic heterocycles. The lowest BCUT2D eigenvalue weighted by Crippen LogP contribution is -2.37. The maximum atomic E-state index is 13.7. The van der Waals surface area contributed by atoms with E-state index in [2.05, 4.69) is 18.7 Å². The van der Waals surface area contributed by atoms with Crippen molar-refractivity contribution in [3.63, 3.8) is 0 Å². The first-order chi connectivity index (χ1) is 17.6. The van der Waals surface area contributed by atoms with Crippen LogP contribution in [0.4, 0.5) is 21.5 Å². The van der Waals surface area contributed by atoms with Gasteiger partial charge in [-0.2, -0.15) is 15.0 Å². The molecule has 0 saturated carbocycles. The lowest BCUT2D eigenvalue weighted by Gasteiger charge is -2.42. The molecule has 7 nitrogen and oxygen atoms in total. The van der Waals surface area contributed by atoms with Gasteiger partial charge < -0.3 is 20.5 Å². The molecule has 0 amide bonds. The first-order valence-electron chi connectivity index (χ1n) is 12.4. The summed E-state index contributed by atoms with van der Waals surface area (Å²) in [6.07, 6.45) is 7.98. The van der Waals surface area contributed by atoms with Gasteiger partial charge in [0.25, 0.3) is 0 Å². The number of nitrogens with zero attached hydrogens (tertiary/aromatic N) is 1. The molecule has 0 bridgehead atoms. The molecule has 0 unspecified atom stereocenters. The Kier molecular flexibility index (Phi) is 9.80. The zero-order valence-electron chi connectivity index (χ0n) is 21.6. The van der Waals surface area contributed by atoms with Crippen LogP contribution >= 0.6 is 22.4 Å². The number of aliphatic carboxylic acids is 1. The van der Waals surface area contributed by atoms with Gasteiger partial charge in [-0.05, 0) is 49.4 Å². The molecular weight excluding hydrogens is 515 g/mol. The Labute approximate surface area is 224 Å². The molecule has 0 fully saturated rings. The van der Waals surface area contributed by atoms with E-state index in [1.54, 1.807) is 0 Å². The van der Waals surface area contributed by atoms with Gasteiger partial charge in [-0.1, -0.05) is 39.5 Å². The van der Waals surface area contributed by atoms with Crippen molar-refractivity contribution < 1.29 is 28.1 Å². The zero-order valence-corrected chi connectivity index (χ0v) is 23.2. The third-order valence-corrected chi connectivity index (χ3v) is 9.51. The van der Waals surface area contributed by atoms with Crippen LogP contribution in [0, 0.1) is 5.41 Å². The summed E-state index contributed by atoms with van der Waals surface area (Å²) in [5, 5.41) is 8.86. The summed E-state index contributed by atoms with van der Waals surface area (Å²) in [5.74, 6) is -2.82. The van der Waals surface area contributed by atoms with Crippen LogP contribution in [0.2, 0.25) is 0 Å². The van der Waals surface area contributed by atoms with E-state index in [1.807, 2.05) is 36.6 Å². The van der Waals surface area contributed by atoms with E-state index < -0.39 is 22.4 Å². The van der Waals surface area contributed by atoms with Crippen LogP contribution in [-0.4, -0.2) is 38.7 Å². The predicted octanol–water partition coefficient (Wildman–Crippen LogP) is 7.89. The molecule has 0 aromatic heterocycles. The summed E-state index contributed by atoms with van der Waals surface area (Å²) in [5.41, 5.74) is 7.76. The predicted molar refractivity (Wildman–Crippen MR) is 151 cm³/mol. The van der Waals surface area contributed by atoms with E-state index >= 15 is 0 Å².